The van der Waals surface area contributed by atoms with Crippen molar-refractivity contribution in [1.29, 1.82) is 0 Å². The van der Waals surface area contributed by atoms with Crippen molar-refractivity contribution in [2.75, 3.05) is 0 Å². The Morgan fingerprint density at radius 2 is 1.30 bits per heavy atom. The molecule has 0 amide bonds. The van der Waals surface area contributed by atoms with Crippen molar-refractivity contribution in [3.8, 4) is 0 Å². The Labute approximate surface area is 188 Å². The quantitative estimate of drug-likeness (QED) is 0.402. The van der Waals surface area contributed by atoms with Crippen LogP contribution in [0.2, 0.25) is 0 Å². The maximum Gasteiger partial charge on any atom is -0.0235 e. The number of hydrogen-bond donors (Lipinski definition) is 0. The van der Waals surface area contributed by atoms with Crippen LogP contribution >= 0.6 is 0 Å². The van der Waals surface area contributed by atoms with Gasteiger partial charge in [0.15, 0.2) is 0 Å². The number of hydrogen-bond acceptors (Lipinski definition) is 0. The molecule has 0 aliphatic heterocycles. The second-order valence-corrected chi connectivity index (χ2v) is 15.3. The van der Waals surface area contributed by atoms with Crippen LogP contribution < -0.4 is 0 Å². The lowest BCUT2D eigenvalue weighted by Crippen LogP contribution is -2.64. The van der Waals surface area contributed by atoms with Gasteiger partial charge in [-0.25, -0.2) is 0 Å². The van der Waals surface area contributed by atoms with E-state index >= 15 is 0 Å². The van der Waals surface area contributed by atoms with Gasteiger partial charge in [-0.3, -0.25) is 0 Å². The van der Waals surface area contributed by atoms with Crippen LogP contribution in [0, 0.1) is 62.6 Å². The van der Waals surface area contributed by atoms with Crippen LogP contribution in [0.3, 0.4) is 0 Å². The van der Waals surface area contributed by atoms with E-state index in [1.165, 1.54) is 57.8 Å². The normalized spacial score (nSPS) is 57.3. The Hall–Kier alpha value is 0. The molecule has 5 aliphatic carbocycles. The zero-order valence-electron chi connectivity index (χ0n) is 21.7. The van der Waals surface area contributed by atoms with Crippen molar-refractivity contribution in [3.05, 3.63) is 0 Å². The highest BCUT2D eigenvalue weighted by molar-refractivity contribution is 5.17. The smallest absolute Gasteiger partial charge is 0.0235 e. The molecule has 5 aliphatic rings. The third-order valence-corrected chi connectivity index (χ3v) is 13.4. The maximum absolute atomic E-state index is 2.81. The van der Waals surface area contributed by atoms with E-state index in [-0.39, 0.29) is 0 Å². The maximum atomic E-state index is 2.81. The van der Waals surface area contributed by atoms with E-state index in [1.54, 1.807) is 12.8 Å². The van der Waals surface area contributed by atoms with Gasteiger partial charge in [0.25, 0.3) is 0 Å². The molecule has 0 N–H and O–H groups in total. The lowest BCUT2D eigenvalue weighted by Gasteiger charge is -2.71. The van der Waals surface area contributed by atoms with Gasteiger partial charge in [-0.05, 0) is 133 Å². The summed E-state index contributed by atoms with van der Waals surface area (Å²) in [7, 11) is 0. The first-order chi connectivity index (χ1) is 13.9. The van der Waals surface area contributed by atoms with E-state index in [0.717, 1.165) is 35.5 Å². The summed E-state index contributed by atoms with van der Waals surface area (Å²) in [6.07, 6.45) is 16.7. The Morgan fingerprint density at radius 3 is 2.00 bits per heavy atom. The van der Waals surface area contributed by atoms with Crippen LogP contribution in [0.1, 0.15) is 126 Å². The monoisotopic (exact) mass is 412 g/mol. The molecule has 0 aromatic carbocycles. The van der Waals surface area contributed by atoms with Gasteiger partial charge in [-0.2, -0.15) is 0 Å². The summed E-state index contributed by atoms with van der Waals surface area (Å²) in [6, 6.07) is 0. The zero-order chi connectivity index (χ0) is 21.7. The molecule has 0 aromatic heterocycles. The Bertz CT molecular complexity index is 688. The molecular weight excluding hydrogens is 360 g/mol. The molecule has 0 spiro atoms. The van der Waals surface area contributed by atoms with Gasteiger partial charge in [0, 0.05) is 0 Å². The molecule has 0 heteroatoms. The summed E-state index contributed by atoms with van der Waals surface area (Å²) in [5.74, 6) is 5.84. The van der Waals surface area contributed by atoms with Crippen molar-refractivity contribution in [2.24, 2.45) is 62.6 Å². The van der Waals surface area contributed by atoms with Crippen molar-refractivity contribution in [2.45, 2.75) is 126 Å². The minimum Gasteiger partial charge on any atom is -0.0625 e. The van der Waals surface area contributed by atoms with Gasteiger partial charge in [-0.1, -0.05) is 55.4 Å². The van der Waals surface area contributed by atoms with E-state index in [0.29, 0.717) is 27.1 Å². The van der Waals surface area contributed by atoms with Crippen LogP contribution in [0.5, 0.6) is 0 Å². The molecule has 0 radical (unpaired) electrons. The lowest BCUT2D eigenvalue weighted by atomic mass is 9.33. The molecule has 5 fully saturated rings. The van der Waals surface area contributed by atoms with Gasteiger partial charge in [-0.15, -0.1) is 0 Å². The third kappa shape index (κ3) is 2.70. The van der Waals surface area contributed by atoms with Crippen molar-refractivity contribution in [3.63, 3.8) is 0 Å². The van der Waals surface area contributed by atoms with Gasteiger partial charge in [0.1, 0.15) is 0 Å². The molecule has 0 nitrogen and oxygen atoms in total. The van der Waals surface area contributed by atoms with Crippen molar-refractivity contribution in [1.82, 2.24) is 0 Å². The van der Waals surface area contributed by atoms with E-state index in [9.17, 15) is 0 Å². The van der Waals surface area contributed by atoms with E-state index < -0.39 is 0 Å². The molecule has 9 atom stereocenters. The van der Waals surface area contributed by atoms with Gasteiger partial charge in [0.2, 0.25) is 0 Å². The number of fused-ring (bicyclic) bond motifs is 7. The molecule has 0 bridgehead atoms. The third-order valence-electron chi connectivity index (χ3n) is 13.4. The zero-order valence-corrected chi connectivity index (χ0v) is 21.7. The highest BCUT2D eigenvalue weighted by Crippen LogP contribution is 2.76. The molecule has 30 heavy (non-hydrogen) atoms. The SMILES string of the molecule is CC(C)[C@H]1CC[C@]2(C)[C@H]3CC[C@@H]4[C@@H]5CC(C)(C)CC[C@]5(C)CC[C@@]4(C)[C@]3(C)CC[C@@H]12. The predicted molar refractivity (Wildman–Crippen MR) is 129 cm³/mol. The van der Waals surface area contributed by atoms with Crippen LogP contribution in [0.4, 0.5) is 0 Å². The van der Waals surface area contributed by atoms with Crippen LogP contribution in [-0.2, 0) is 0 Å². The molecule has 0 heterocycles. The highest BCUT2D eigenvalue weighted by atomic mass is 14.7. The van der Waals surface area contributed by atoms with E-state index in [1.807, 2.05) is 0 Å². The fourth-order valence-electron chi connectivity index (χ4n) is 11.3. The highest BCUT2D eigenvalue weighted by Gasteiger charge is 2.68. The number of rotatable bonds is 1. The summed E-state index contributed by atoms with van der Waals surface area (Å²) in [5.41, 5.74) is 3.00. The lowest BCUT2D eigenvalue weighted by molar-refractivity contribution is -0.225. The minimum absolute atomic E-state index is 0.569. The second-order valence-electron chi connectivity index (χ2n) is 15.3. The van der Waals surface area contributed by atoms with Crippen molar-refractivity contribution >= 4 is 0 Å². The molecule has 0 unspecified atom stereocenters. The molecule has 5 rings (SSSR count). The van der Waals surface area contributed by atoms with Crippen molar-refractivity contribution < 1.29 is 0 Å². The first kappa shape index (κ1) is 21.8. The molecular formula is C30H52. The summed E-state index contributed by atoms with van der Waals surface area (Å²) in [5, 5.41) is 0. The molecule has 0 saturated heterocycles. The van der Waals surface area contributed by atoms with Gasteiger partial charge < -0.3 is 0 Å². The van der Waals surface area contributed by atoms with Gasteiger partial charge >= 0.3 is 0 Å². The van der Waals surface area contributed by atoms with Crippen LogP contribution in [0.15, 0.2) is 0 Å². The Balaban J connectivity index is 1.50. The minimum atomic E-state index is 0.569. The standard InChI is InChI=1S/C30H52/c1-20(2)21-11-13-28(6)22(21)12-14-30(8)25(28)10-9-23-24-19-26(3,4)15-16-27(24,5)17-18-29(23,30)7/h20-25H,9-19H2,1-8H3/t21-,22+,23-,24+,25-,27-,28+,29-,30-/m1/s1. The fourth-order valence-corrected chi connectivity index (χ4v) is 11.3. The van der Waals surface area contributed by atoms with E-state index in [2.05, 4.69) is 55.4 Å². The second kappa shape index (κ2) is 6.53. The fraction of sp³-hybridized carbons (Fsp3) is 1.00. The molecule has 0 aromatic rings. The topological polar surface area (TPSA) is 0 Å². The first-order valence-corrected chi connectivity index (χ1v) is 13.9. The molecule has 172 valence electrons. The van der Waals surface area contributed by atoms with E-state index in [4.69, 9.17) is 0 Å². The summed E-state index contributed by atoms with van der Waals surface area (Å²) in [6.45, 7) is 21.2. The van der Waals surface area contributed by atoms with Crippen LogP contribution in [0.25, 0.3) is 0 Å². The Morgan fingerprint density at radius 1 is 0.600 bits per heavy atom. The summed E-state index contributed by atoms with van der Waals surface area (Å²) < 4.78 is 0. The Kier molecular flexibility index (Phi) is 4.75. The summed E-state index contributed by atoms with van der Waals surface area (Å²) in [4.78, 5) is 0. The largest absolute Gasteiger partial charge is 0.0625 e. The average molecular weight is 413 g/mol. The van der Waals surface area contributed by atoms with Crippen LogP contribution in [-0.4, -0.2) is 0 Å². The molecule has 5 saturated carbocycles. The van der Waals surface area contributed by atoms with Gasteiger partial charge in [0.05, 0.1) is 0 Å². The summed E-state index contributed by atoms with van der Waals surface area (Å²) >= 11 is 0. The predicted octanol–water partition coefficient (Wildman–Crippen LogP) is 9.13. The first-order valence-electron chi connectivity index (χ1n) is 13.9. The average Bonchev–Trinajstić information content (AvgIpc) is 3.01.